The van der Waals surface area contributed by atoms with Gasteiger partial charge in [-0.25, -0.2) is 0 Å². The first-order valence-corrected chi connectivity index (χ1v) is 5.20. The first-order chi connectivity index (χ1) is 5.20. The molecule has 0 rings (SSSR count). The Labute approximate surface area is 72.4 Å². The van der Waals surface area contributed by atoms with Crippen LogP contribution in [0.3, 0.4) is 0 Å². The van der Waals surface area contributed by atoms with Gasteiger partial charge in [0.25, 0.3) is 0 Å². The van der Waals surface area contributed by atoms with E-state index in [0.717, 1.165) is 11.8 Å². The van der Waals surface area contributed by atoms with E-state index in [2.05, 4.69) is 27.7 Å². The van der Waals surface area contributed by atoms with Gasteiger partial charge >= 0.3 is 0 Å². The molecular weight excluding hydrogens is 132 g/mol. The number of hydrogen-bond acceptors (Lipinski definition) is 0. The van der Waals surface area contributed by atoms with Crippen LogP contribution in [0.2, 0.25) is 0 Å². The Morgan fingerprint density at radius 3 is 1.91 bits per heavy atom. The third-order valence-electron chi connectivity index (χ3n) is 2.43. The predicted molar refractivity (Wildman–Crippen MR) is 52.8 cm³/mol. The normalized spacial score (nSPS) is 13.9. The Hall–Kier alpha value is 0. The molecule has 0 spiro atoms. The maximum absolute atomic E-state index is 2.32. The summed E-state index contributed by atoms with van der Waals surface area (Å²) < 4.78 is 0. The van der Waals surface area contributed by atoms with E-state index in [1.54, 1.807) is 0 Å². The molecule has 0 heterocycles. The average molecular weight is 156 g/mol. The van der Waals surface area contributed by atoms with Gasteiger partial charge in [0.15, 0.2) is 0 Å². The summed E-state index contributed by atoms with van der Waals surface area (Å²) in [6.07, 6.45) is 7.03. The molecule has 0 aromatic carbocycles. The molecule has 0 aliphatic heterocycles. The maximum atomic E-state index is 2.32. The lowest BCUT2D eigenvalue weighted by Crippen LogP contribution is -2.00. The molecule has 1 atom stereocenters. The van der Waals surface area contributed by atoms with Crippen LogP contribution in [0.15, 0.2) is 0 Å². The van der Waals surface area contributed by atoms with Crippen LogP contribution < -0.4 is 0 Å². The monoisotopic (exact) mass is 156 g/mol. The van der Waals surface area contributed by atoms with Gasteiger partial charge in [0.2, 0.25) is 0 Å². The molecule has 0 nitrogen and oxygen atoms in total. The highest BCUT2D eigenvalue weighted by Crippen LogP contribution is 2.19. The SMILES string of the molecule is CCCC(CC)CCC(C)C. The largest absolute Gasteiger partial charge is 0.0654 e. The van der Waals surface area contributed by atoms with Crippen LogP contribution >= 0.6 is 0 Å². The number of rotatable bonds is 6. The predicted octanol–water partition coefficient (Wildman–Crippen LogP) is 4.25. The van der Waals surface area contributed by atoms with Gasteiger partial charge in [0, 0.05) is 0 Å². The molecule has 0 saturated carbocycles. The van der Waals surface area contributed by atoms with Gasteiger partial charge in [-0.2, -0.15) is 0 Å². The lowest BCUT2D eigenvalue weighted by Gasteiger charge is -2.14. The highest BCUT2D eigenvalue weighted by atomic mass is 14.1. The number of hydrogen-bond donors (Lipinski definition) is 0. The topological polar surface area (TPSA) is 0 Å². The third-order valence-corrected chi connectivity index (χ3v) is 2.43. The van der Waals surface area contributed by atoms with Crippen LogP contribution in [0.4, 0.5) is 0 Å². The molecule has 0 saturated heterocycles. The van der Waals surface area contributed by atoms with Crippen molar-refractivity contribution in [2.45, 2.75) is 59.8 Å². The molecule has 0 aromatic heterocycles. The van der Waals surface area contributed by atoms with Crippen molar-refractivity contribution in [2.24, 2.45) is 11.8 Å². The Balaban J connectivity index is 3.35. The van der Waals surface area contributed by atoms with E-state index in [0.29, 0.717) is 0 Å². The highest BCUT2D eigenvalue weighted by molar-refractivity contribution is 4.58. The van der Waals surface area contributed by atoms with Gasteiger partial charge in [0.1, 0.15) is 0 Å². The van der Waals surface area contributed by atoms with Crippen molar-refractivity contribution in [1.29, 1.82) is 0 Å². The second-order valence-corrected chi connectivity index (χ2v) is 4.03. The third kappa shape index (κ3) is 6.40. The molecule has 0 heteroatoms. The van der Waals surface area contributed by atoms with Crippen molar-refractivity contribution in [3.05, 3.63) is 0 Å². The molecule has 0 aliphatic carbocycles. The van der Waals surface area contributed by atoms with Crippen molar-refractivity contribution < 1.29 is 0 Å². The summed E-state index contributed by atoms with van der Waals surface area (Å²) in [5, 5.41) is 0. The average Bonchev–Trinajstić information content (AvgIpc) is 1.97. The molecule has 0 fully saturated rings. The van der Waals surface area contributed by atoms with E-state index < -0.39 is 0 Å². The van der Waals surface area contributed by atoms with Crippen molar-refractivity contribution in [1.82, 2.24) is 0 Å². The van der Waals surface area contributed by atoms with Gasteiger partial charge in [-0.1, -0.05) is 59.8 Å². The minimum atomic E-state index is 0.890. The van der Waals surface area contributed by atoms with Crippen LogP contribution in [-0.2, 0) is 0 Å². The summed E-state index contributed by atoms with van der Waals surface area (Å²) >= 11 is 0. The van der Waals surface area contributed by atoms with E-state index in [-0.39, 0.29) is 0 Å². The standard InChI is InChI=1S/C11H24/c1-5-7-11(6-2)9-8-10(3)4/h10-11H,5-9H2,1-4H3. The van der Waals surface area contributed by atoms with Gasteiger partial charge in [-0.3, -0.25) is 0 Å². The van der Waals surface area contributed by atoms with Crippen molar-refractivity contribution >= 4 is 0 Å². The zero-order valence-electron chi connectivity index (χ0n) is 8.69. The zero-order valence-corrected chi connectivity index (χ0v) is 8.69. The minimum Gasteiger partial charge on any atom is -0.0654 e. The summed E-state index contributed by atoms with van der Waals surface area (Å²) in [7, 11) is 0. The molecule has 0 N–H and O–H groups in total. The molecule has 68 valence electrons. The second kappa shape index (κ2) is 6.69. The summed E-state index contributed by atoms with van der Waals surface area (Å²) in [6.45, 7) is 9.25. The quantitative estimate of drug-likeness (QED) is 0.539. The molecule has 1 unspecified atom stereocenters. The van der Waals surface area contributed by atoms with E-state index in [9.17, 15) is 0 Å². The van der Waals surface area contributed by atoms with Crippen LogP contribution in [0.5, 0.6) is 0 Å². The first-order valence-electron chi connectivity index (χ1n) is 5.20. The fourth-order valence-electron chi connectivity index (χ4n) is 1.53. The second-order valence-electron chi connectivity index (χ2n) is 4.03. The van der Waals surface area contributed by atoms with Crippen LogP contribution in [0, 0.1) is 11.8 Å². The van der Waals surface area contributed by atoms with Crippen LogP contribution in [-0.4, -0.2) is 0 Å². The summed E-state index contributed by atoms with van der Waals surface area (Å²) in [4.78, 5) is 0. The Bertz CT molecular complexity index is 74.1. The molecule has 11 heavy (non-hydrogen) atoms. The fraction of sp³-hybridized carbons (Fsp3) is 1.00. The van der Waals surface area contributed by atoms with E-state index >= 15 is 0 Å². The highest BCUT2D eigenvalue weighted by Gasteiger charge is 2.05. The molecule has 0 bridgehead atoms. The van der Waals surface area contributed by atoms with Gasteiger partial charge in [-0.05, 0) is 11.8 Å². The summed E-state index contributed by atoms with van der Waals surface area (Å²) in [5.74, 6) is 1.89. The van der Waals surface area contributed by atoms with Crippen molar-refractivity contribution in [3.63, 3.8) is 0 Å². The van der Waals surface area contributed by atoms with Gasteiger partial charge in [0.05, 0.1) is 0 Å². The van der Waals surface area contributed by atoms with Crippen LogP contribution in [0.1, 0.15) is 59.8 Å². The Kier molecular flexibility index (Phi) is 6.69. The van der Waals surface area contributed by atoms with Gasteiger partial charge < -0.3 is 0 Å². The van der Waals surface area contributed by atoms with E-state index in [1.807, 2.05) is 0 Å². The summed E-state index contributed by atoms with van der Waals surface area (Å²) in [5.41, 5.74) is 0. The van der Waals surface area contributed by atoms with Crippen molar-refractivity contribution in [2.75, 3.05) is 0 Å². The van der Waals surface area contributed by atoms with Crippen molar-refractivity contribution in [3.8, 4) is 0 Å². The lowest BCUT2D eigenvalue weighted by molar-refractivity contribution is 0.387. The minimum absolute atomic E-state index is 0.890. The van der Waals surface area contributed by atoms with E-state index in [4.69, 9.17) is 0 Å². The smallest absolute Gasteiger partial charge is 0.0417 e. The lowest BCUT2D eigenvalue weighted by atomic mass is 9.92. The fourth-order valence-corrected chi connectivity index (χ4v) is 1.53. The molecule has 0 amide bonds. The Morgan fingerprint density at radius 1 is 0.909 bits per heavy atom. The molecule has 0 radical (unpaired) electrons. The van der Waals surface area contributed by atoms with E-state index in [1.165, 1.54) is 32.1 Å². The first kappa shape index (κ1) is 11.0. The zero-order chi connectivity index (χ0) is 8.69. The Morgan fingerprint density at radius 2 is 1.55 bits per heavy atom. The van der Waals surface area contributed by atoms with Gasteiger partial charge in [-0.15, -0.1) is 0 Å². The van der Waals surface area contributed by atoms with Crippen LogP contribution in [0.25, 0.3) is 0 Å². The molecule has 0 aromatic rings. The summed E-state index contributed by atoms with van der Waals surface area (Å²) in [6, 6.07) is 0. The molecule has 0 aliphatic rings. The molecular formula is C11H24. The maximum Gasteiger partial charge on any atom is -0.0417 e.